The average molecular weight is 307 g/mol. The molecule has 104 valence electrons. The van der Waals surface area contributed by atoms with Gasteiger partial charge >= 0.3 is 0 Å². The molecule has 0 aliphatic rings. The topological polar surface area (TPSA) is 42.9 Å². The summed E-state index contributed by atoms with van der Waals surface area (Å²) in [6.45, 7) is 7.46. The number of hydrogen-bond donors (Lipinski definition) is 0. The lowest BCUT2D eigenvalue weighted by atomic mass is 10.1. The molecular weight excluding hydrogens is 292 g/mol. The maximum Gasteiger partial charge on any atom is 0.192 e. The Bertz CT molecular complexity index is 663. The quantitative estimate of drug-likeness (QED) is 0.622. The van der Waals surface area contributed by atoms with E-state index in [1.807, 2.05) is 26.8 Å². The Kier molecular flexibility index (Phi) is 4.45. The number of hydrogen-bond acceptors (Lipinski definition) is 4. The van der Waals surface area contributed by atoms with E-state index in [1.165, 1.54) is 18.7 Å². The number of rotatable bonds is 3. The lowest BCUT2D eigenvalue weighted by molar-refractivity contribution is 0.101. The normalized spacial score (nSPS) is 10.7. The summed E-state index contributed by atoms with van der Waals surface area (Å²) in [6.07, 6.45) is 0. The Morgan fingerprint density at radius 2 is 1.75 bits per heavy atom. The van der Waals surface area contributed by atoms with Crippen molar-refractivity contribution in [3.63, 3.8) is 0 Å². The van der Waals surface area contributed by atoms with Gasteiger partial charge in [-0.2, -0.15) is 0 Å². The number of halogens is 1. The van der Waals surface area contributed by atoms with Gasteiger partial charge < -0.3 is 0 Å². The largest absolute Gasteiger partial charge is 0.295 e. The minimum Gasteiger partial charge on any atom is -0.295 e. The summed E-state index contributed by atoms with van der Waals surface area (Å²) < 4.78 is 0. The van der Waals surface area contributed by atoms with Crippen molar-refractivity contribution in [3.8, 4) is 0 Å². The first-order chi connectivity index (χ1) is 9.38. The lowest BCUT2D eigenvalue weighted by Gasteiger charge is -2.08. The molecule has 0 atom stereocenters. The van der Waals surface area contributed by atoms with E-state index >= 15 is 0 Å². The van der Waals surface area contributed by atoms with E-state index in [4.69, 9.17) is 11.6 Å². The van der Waals surface area contributed by atoms with Crippen molar-refractivity contribution >= 4 is 29.1 Å². The van der Waals surface area contributed by atoms with Gasteiger partial charge in [0.05, 0.1) is 5.02 Å². The molecule has 0 radical (unpaired) electrons. The monoisotopic (exact) mass is 306 g/mol. The second-order valence-corrected chi connectivity index (χ2v) is 6.02. The van der Waals surface area contributed by atoms with Crippen LogP contribution in [0.15, 0.2) is 28.3 Å². The third-order valence-electron chi connectivity index (χ3n) is 3.15. The molecule has 1 aromatic heterocycles. The zero-order chi connectivity index (χ0) is 14.9. The van der Waals surface area contributed by atoms with Crippen molar-refractivity contribution in [1.82, 2.24) is 9.97 Å². The van der Waals surface area contributed by atoms with Gasteiger partial charge in [-0.25, -0.2) is 9.97 Å². The SMILES string of the molecule is CC(=O)c1ccc(Sc2nc(C)c(C)c(C)n2)c(Cl)c1. The smallest absolute Gasteiger partial charge is 0.192 e. The molecule has 0 unspecified atom stereocenters. The second-order valence-electron chi connectivity index (χ2n) is 4.61. The molecule has 2 aromatic rings. The molecule has 0 aliphatic carbocycles. The summed E-state index contributed by atoms with van der Waals surface area (Å²) in [7, 11) is 0. The van der Waals surface area contributed by atoms with Crippen LogP contribution in [0.4, 0.5) is 0 Å². The van der Waals surface area contributed by atoms with Gasteiger partial charge in [0, 0.05) is 21.8 Å². The Morgan fingerprint density at radius 3 is 2.25 bits per heavy atom. The van der Waals surface area contributed by atoms with Crippen LogP contribution in [0.2, 0.25) is 5.02 Å². The Hall–Kier alpha value is -1.39. The fraction of sp³-hybridized carbons (Fsp3) is 0.267. The highest BCUT2D eigenvalue weighted by atomic mass is 35.5. The lowest BCUT2D eigenvalue weighted by Crippen LogP contribution is -1.98. The van der Waals surface area contributed by atoms with Crippen LogP contribution in [0.1, 0.15) is 34.2 Å². The minimum atomic E-state index is 0.00160. The maximum absolute atomic E-state index is 11.3. The predicted octanol–water partition coefficient (Wildman–Crippen LogP) is 4.41. The third-order valence-corrected chi connectivity index (χ3v) is 4.52. The van der Waals surface area contributed by atoms with Gasteiger partial charge in [-0.05, 0) is 57.2 Å². The number of aryl methyl sites for hydroxylation is 2. The molecule has 1 aromatic carbocycles. The number of benzene rings is 1. The van der Waals surface area contributed by atoms with Gasteiger partial charge in [-0.3, -0.25) is 4.79 Å². The highest BCUT2D eigenvalue weighted by Gasteiger charge is 2.10. The van der Waals surface area contributed by atoms with Crippen LogP contribution in [0.5, 0.6) is 0 Å². The molecular formula is C15H15ClN2OS. The molecule has 5 heteroatoms. The summed E-state index contributed by atoms with van der Waals surface area (Å²) >= 11 is 7.61. The van der Waals surface area contributed by atoms with Crippen LogP contribution in [0.3, 0.4) is 0 Å². The summed E-state index contributed by atoms with van der Waals surface area (Å²) in [5.41, 5.74) is 3.65. The van der Waals surface area contributed by atoms with Crippen LogP contribution in [0, 0.1) is 20.8 Å². The van der Waals surface area contributed by atoms with Gasteiger partial charge in [0.25, 0.3) is 0 Å². The molecule has 0 fully saturated rings. The molecule has 1 heterocycles. The first-order valence-corrected chi connectivity index (χ1v) is 7.38. The van der Waals surface area contributed by atoms with E-state index in [9.17, 15) is 4.79 Å². The van der Waals surface area contributed by atoms with Crippen molar-refractivity contribution in [2.24, 2.45) is 0 Å². The molecule has 0 N–H and O–H groups in total. The molecule has 0 saturated heterocycles. The zero-order valence-corrected chi connectivity index (χ0v) is 13.4. The van der Waals surface area contributed by atoms with E-state index in [0.717, 1.165) is 21.8 Å². The molecule has 0 amide bonds. The summed E-state index contributed by atoms with van der Waals surface area (Å²) in [6, 6.07) is 5.28. The van der Waals surface area contributed by atoms with Crippen molar-refractivity contribution in [3.05, 3.63) is 45.7 Å². The zero-order valence-electron chi connectivity index (χ0n) is 11.8. The van der Waals surface area contributed by atoms with E-state index in [2.05, 4.69) is 9.97 Å². The summed E-state index contributed by atoms with van der Waals surface area (Å²) in [5, 5.41) is 1.21. The van der Waals surface area contributed by atoms with Crippen molar-refractivity contribution < 1.29 is 4.79 Å². The second kappa shape index (κ2) is 5.94. The highest BCUT2D eigenvalue weighted by molar-refractivity contribution is 7.99. The number of carbonyl (C=O) groups excluding carboxylic acids is 1. The van der Waals surface area contributed by atoms with E-state index in [0.29, 0.717) is 15.7 Å². The van der Waals surface area contributed by atoms with Gasteiger partial charge in [-0.1, -0.05) is 17.7 Å². The molecule has 0 bridgehead atoms. The van der Waals surface area contributed by atoms with E-state index in [1.54, 1.807) is 12.1 Å². The predicted molar refractivity (Wildman–Crippen MR) is 81.8 cm³/mol. The van der Waals surface area contributed by atoms with Crippen LogP contribution >= 0.6 is 23.4 Å². The van der Waals surface area contributed by atoms with Crippen molar-refractivity contribution in [1.29, 1.82) is 0 Å². The number of ketones is 1. The van der Waals surface area contributed by atoms with Crippen molar-refractivity contribution in [2.45, 2.75) is 37.7 Å². The molecule has 20 heavy (non-hydrogen) atoms. The van der Waals surface area contributed by atoms with Crippen LogP contribution in [0.25, 0.3) is 0 Å². The highest BCUT2D eigenvalue weighted by Crippen LogP contribution is 2.32. The average Bonchev–Trinajstić information content (AvgIpc) is 2.38. The summed E-state index contributed by atoms with van der Waals surface area (Å²) in [4.78, 5) is 21.1. The van der Waals surface area contributed by atoms with Crippen LogP contribution < -0.4 is 0 Å². The number of Topliss-reactive ketones (excluding diaryl/α,β-unsaturated/α-hetero) is 1. The molecule has 3 nitrogen and oxygen atoms in total. The Balaban J connectivity index is 2.33. The fourth-order valence-corrected chi connectivity index (χ4v) is 2.84. The Morgan fingerprint density at radius 1 is 1.15 bits per heavy atom. The fourth-order valence-electron chi connectivity index (χ4n) is 1.69. The maximum atomic E-state index is 11.3. The van der Waals surface area contributed by atoms with Crippen molar-refractivity contribution in [2.75, 3.05) is 0 Å². The summed E-state index contributed by atoms with van der Waals surface area (Å²) in [5.74, 6) is 0.00160. The molecule has 0 aliphatic heterocycles. The first kappa shape index (κ1) is 15.0. The third kappa shape index (κ3) is 3.19. The van der Waals surface area contributed by atoms with Crippen LogP contribution in [-0.4, -0.2) is 15.8 Å². The number of carbonyl (C=O) groups is 1. The van der Waals surface area contributed by atoms with Crippen LogP contribution in [-0.2, 0) is 0 Å². The molecule has 0 saturated carbocycles. The van der Waals surface area contributed by atoms with E-state index < -0.39 is 0 Å². The number of aromatic nitrogens is 2. The van der Waals surface area contributed by atoms with Gasteiger partial charge in [0.2, 0.25) is 0 Å². The molecule has 0 spiro atoms. The standard InChI is InChI=1S/C15H15ClN2OS/c1-8-9(2)17-15(18-10(8)3)20-14-6-5-12(11(4)19)7-13(14)16/h5-7H,1-4H3. The first-order valence-electron chi connectivity index (χ1n) is 6.18. The number of nitrogens with zero attached hydrogens (tertiary/aromatic N) is 2. The Labute approximate surface area is 127 Å². The van der Waals surface area contributed by atoms with Gasteiger partial charge in [-0.15, -0.1) is 0 Å². The van der Waals surface area contributed by atoms with Gasteiger partial charge in [0.15, 0.2) is 10.9 Å². The van der Waals surface area contributed by atoms with E-state index in [-0.39, 0.29) is 5.78 Å². The minimum absolute atomic E-state index is 0.00160. The molecule has 2 rings (SSSR count). The van der Waals surface area contributed by atoms with Gasteiger partial charge in [0.1, 0.15) is 0 Å².